The SMILES string of the molecule is CNC1CCCc2sc(-c3c(F)cccc3OC)nc21. The van der Waals surface area contributed by atoms with Crippen LogP contribution in [0.5, 0.6) is 5.75 Å². The molecule has 20 heavy (non-hydrogen) atoms. The number of halogens is 1. The average Bonchev–Trinajstić information content (AvgIpc) is 2.90. The number of hydrogen-bond acceptors (Lipinski definition) is 4. The molecule has 0 radical (unpaired) electrons. The fourth-order valence-electron chi connectivity index (χ4n) is 2.69. The summed E-state index contributed by atoms with van der Waals surface area (Å²) in [6, 6.07) is 5.16. The first-order valence-electron chi connectivity index (χ1n) is 6.74. The van der Waals surface area contributed by atoms with E-state index < -0.39 is 0 Å². The molecule has 3 nitrogen and oxygen atoms in total. The maximum Gasteiger partial charge on any atom is 0.137 e. The zero-order valence-corrected chi connectivity index (χ0v) is 12.4. The summed E-state index contributed by atoms with van der Waals surface area (Å²) in [5, 5.41) is 4.00. The molecule has 1 atom stereocenters. The van der Waals surface area contributed by atoms with E-state index in [0.29, 0.717) is 16.3 Å². The van der Waals surface area contributed by atoms with E-state index in [-0.39, 0.29) is 11.9 Å². The van der Waals surface area contributed by atoms with Gasteiger partial charge >= 0.3 is 0 Å². The van der Waals surface area contributed by atoms with Gasteiger partial charge in [-0.1, -0.05) is 6.07 Å². The van der Waals surface area contributed by atoms with E-state index in [1.165, 1.54) is 10.9 Å². The number of fused-ring (bicyclic) bond motifs is 1. The van der Waals surface area contributed by atoms with Crippen LogP contribution in [0, 0.1) is 5.82 Å². The quantitative estimate of drug-likeness (QED) is 0.939. The zero-order chi connectivity index (χ0) is 14.1. The molecular weight excluding hydrogens is 275 g/mol. The zero-order valence-electron chi connectivity index (χ0n) is 11.6. The third-order valence-electron chi connectivity index (χ3n) is 3.71. The highest BCUT2D eigenvalue weighted by atomic mass is 32.1. The van der Waals surface area contributed by atoms with Gasteiger partial charge in [0.25, 0.3) is 0 Å². The van der Waals surface area contributed by atoms with E-state index in [1.54, 1.807) is 30.6 Å². The molecule has 0 fully saturated rings. The molecule has 0 amide bonds. The van der Waals surface area contributed by atoms with Crippen molar-refractivity contribution in [1.29, 1.82) is 0 Å². The lowest BCUT2D eigenvalue weighted by molar-refractivity contribution is 0.413. The van der Waals surface area contributed by atoms with Gasteiger partial charge in [0, 0.05) is 4.88 Å². The van der Waals surface area contributed by atoms with E-state index in [1.807, 2.05) is 7.05 Å². The van der Waals surface area contributed by atoms with Gasteiger partial charge in [0.05, 0.1) is 24.4 Å². The Morgan fingerprint density at radius 2 is 2.30 bits per heavy atom. The molecule has 1 aliphatic carbocycles. The predicted octanol–water partition coefficient (Wildman–Crippen LogP) is 3.55. The van der Waals surface area contributed by atoms with Crippen LogP contribution in [0.4, 0.5) is 4.39 Å². The average molecular weight is 292 g/mol. The summed E-state index contributed by atoms with van der Waals surface area (Å²) in [6.45, 7) is 0. The van der Waals surface area contributed by atoms with Crippen molar-refractivity contribution in [2.45, 2.75) is 25.3 Å². The molecule has 106 valence electrons. The summed E-state index contributed by atoms with van der Waals surface area (Å²) >= 11 is 1.58. The maximum absolute atomic E-state index is 14.1. The molecule has 1 aromatic heterocycles. The molecule has 5 heteroatoms. The second-order valence-electron chi connectivity index (χ2n) is 4.88. The third kappa shape index (κ3) is 2.21. The van der Waals surface area contributed by atoms with Crippen molar-refractivity contribution in [3.63, 3.8) is 0 Å². The number of thiazole rings is 1. The van der Waals surface area contributed by atoms with Crippen molar-refractivity contribution < 1.29 is 9.13 Å². The maximum atomic E-state index is 14.1. The van der Waals surface area contributed by atoms with Crippen molar-refractivity contribution in [2.24, 2.45) is 0 Å². The largest absolute Gasteiger partial charge is 0.496 e. The van der Waals surface area contributed by atoms with Crippen molar-refractivity contribution in [3.05, 3.63) is 34.6 Å². The summed E-state index contributed by atoms with van der Waals surface area (Å²) in [5.41, 5.74) is 1.55. The fraction of sp³-hybridized carbons (Fsp3) is 0.400. The van der Waals surface area contributed by atoms with Gasteiger partial charge in [-0.3, -0.25) is 0 Å². The summed E-state index contributed by atoms with van der Waals surface area (Å²) in [5.74, 6) is 0.258. The lowest BCUT2D eigenvalue weighted by Gasteiger charge is -2.19. The number of nitrogens with zero attached hydrogens (tertiary/aromatic N) is 1. The molecule has 1 aromatic carbocycles. The molecule has 0 saturated heterocycles. The van der Waals surface area contributed by atoms with Crippen molar-refractivity contribution in [3.8, 4) is 16.3 Å². The Morgan fingerprint density at radius 3 is 3.05 bits per heavy atom. The molecule has 1 heterocycles. The van der Waals surface area contributed by atoms with Crippen LogP contribution in [0.25, 0.3) is 10.6 Å². The summed E-state index contributed by atoms with van der Waals surface area (Å²) in [6.07, 6.45) is 3.26. The van der Waals surface area contributed by atoms with E-state index in [2.05, 4.69) is 10.3 Å². The lowest BCUT2D eigenvalue weighted by Crippen LogP contribution is -2.21. The Hall–Kier alpha value is -1.46. The van der Waals surface area contributed by atoms with Crippen LogP contribution in [0.3, 0.4) is 0 Å². The smallest absolute Gasteiger partial charge is 0.137 e. The molecule has 1 aliphatic rings. The highest BCUT2D eigenvalue weighted by molar-refractivity contribution is 7.15. The van der Waals surface area contributed by atoms with E-state index >= 15 is 0 Å². The number of methoxy groups -OCH3 is 1. The molecule has 1 unspecified atom stereocenters. The minimum atomic E-state index is -0.281. The standard InChI is InChI=1S/C15H17FN2OS/c1-17-10-6-4-8-12-14(10)18-15(20-12)13-9(16)5-3-7-11(13)19-2/h3,5,7,10,17H,4,6,8H2,1-2H3. The monoisotopic (exact) mass is 292 g/mol. The van der Waals surface area contributed by atoms with Gasteiger partial charge in [0.1, 0.15) is 16.6 Å². The molecule has 2 aromatic rings. The first kappa shape index (κ1) is 13.5. The number of benzene rings is 1. The fourth-order valence-corrected chi connectivity index (χ4v) is 3.90. The summed E-state index contributed by atoms with van der Waals surface area (Å²) in [7, 11) is 3.50. The molecule has 1 N–H and O–H groups in total. The van der Waals surface area contributed by atoms with Gasteiger partial charge in [-0.05, 0) is 38.4 Å². The molecular formula is C15H17FN2OS. The van der Waals surface area contributed by atoms with Gasteiger partial charge in [0.2, 0.25) is 0 Å². The third-order valence-corrected chi connectivity index (χ3v) is 4.86. The lowest BCUT2D eigenvalue weighted by atomic mass is 9.98. The number of aryl methyl sites for hydroxylation is 1. The molecule has 0 saturated carbocycles. The van der Waals surface area contributed by atoms with Gasteiger partial charge in [-0.15, -0.1) is 11.3 Å². The summed E-state index contributed by atoms with van der Waals surface area (Å²) in [4.78, 5) is 5.94. The van der Waals surface area contributed by atoms with Crippen molar-refractivity contribution >= 4 is 11.3 Å². The van der Waals surface area contributed by atoms with Crippen LogP contribution in [0.15, 0.2) is 18.2 Å². The molecule has 0 aliphatic heterocycles. The molecule has 3 rings (SSSR count). The van der Waals surface area contributed by atoms with Gasteiger partial charge < -0.3 is 10.1 Å². The minimum absolute atomic E-state index is 0.279. The normalized spacial score (nSPS) is 17.9. The Kier molecular flexibility index (Phi) is 3.72. The second kappa shape index (κ2) is 5.50. The summed E-state index contributed by atoms with van der Waals surface area (Å²) < 4.78 is 19.4. The second-order valence-corrected chi connectivity index (χ2v) is 5.96. The van der Waals surface area contributed by atoms with Crippen LogP contribution >= 0.6 is 11.3 Å². The van der Waals surface area contributed by atoms with Crippen LogP contribution < -0.4 is 10.1 Å². The van der Waals surface area contributed by atoms with E-state index in [9.17, 15) is 4.39 Å². The minimum Gasteiger partial charge on any atom is -0.496 e. The first-order chi connectivity index (χ1) is 9.74. The highest BCUT2D eigenvalue weighted by Gasteiger charge is 2.25. The molecule has 0 bridgehead atoms. The van der Waals surface area contributed by atoms with E-state index in [4.69, 9.17) is 4.74 Å². The van der Waals surface area contributed by atoms with Crippen molar-refractivity contribution in [1.82, 2.24) is 10.3 Å². The number of ether oxygens (including phenoxy) is 1. The Bertz CT molecular complexity index is 626. The predicted molar refractivity (Wildman–Crippen MR) is 78.8 cm³/mol. The number of hydrogen-bond donors (Lipinski definition) is 1. The van der Waals surface area contributed by atoms with Crippen LogP contribution in [-0.2, 0) is 6.42 Å². The first-order valence-corrected chi connectivity index (χ1v) is 7.56. The molecule has 0 spiro atoms. The number of aromatic nitrogens is 1. The number of rotatable bonds is 3. The van der Waals surface area contributed by atoms with Crippen LogP contribution in [-0.4, -0.2) is 19.1 Å². The van der Waals surface area contributed by atoms with Crippen LogP contribution in [0.2, 0.25) is 0 Å². The Balaban J connectivity index is 2.10. The number of nitrogens with one attached hydrogen (secondary N) is 1. The van der Waals surface area contributed by atoms with Gasteiger partial charge in [-0.25, -0.2) is 9.37 Å². The Morgan fingerprint density at radius 1 is 1.45 bits per heavy atom. The van der Waals surface area contributed by atoms with Crippen molar-refractivity contribution in [2.75, 3.05) is 14.2 Å². The highest BCUT2D eigenvalue weighted by Crippen LogP contribution is 2.40. The Labute approximate surface area is 121 Å². The van der Waals surface area contributed by atoms with E-state index in [0.717, 1.165) is 25.0 Å². The van der Waals surface area contributed by atoms with Gasteiger partial charge in [-0.2, -0.15) is 0 Å². The topological polar surface area (TPSA) is 34.1 Å². The van der Waals surface area contributed by atoms with Gasteiger partial charge in [0.15, 0.2) is 0 Å². The van der Waals surface area contributed by atoms with Crippen LogP contribution in [0.1, 0.15) is 29.5 Å².